The van der Waals surface area contributed by atoms with Crippen LogP contribution < -0.4 is 10.3 Å². The first-order valence-corrected chi connectivity index (χ1v) is 10.1. The number of fused-ring (bicyclic) bond motifs is 3. The van der Waals surface area contributed by atoms with E-state index < -0.39 is 0 Å². The van der Waals surface area contributed by atoms with E-state index in [9.17, 15) is 4.79 Å². The Morgan fingerprint density at radius 1 is 0.897 bits per heavy atom. The Hall–Kier alpha value is -3.27. The van der Waals surface area contributed by atoms with Gasteiger partial charge in [-0.1, -0.05) is 18.2 Å². The largest absolute Gasteiger partial charge is 0.497 e. The predicted molar refractivity (Wildman–Crippen MR) is 117 cm³/mol. The fraction of sp³-hybridized carbons (Fsp3) is 0.240. The minimum atomic E-state index is -0.0309. The summed E-state index contributed by atoms with van der Waals surface area (Å²) in [6.45, 7) is 0. The van der Waals surface area contributed by atoms with E-state index in [1.54, 1.807) is 17.7 Å². The topological polar surface area (TPSA) is 36.2 Å². The van der Waals surface area contributed by atoms with E-state index in [2.05, 4.69) is 29.8 Å². The molecule has 0 bridgehead atoms. The number of aryl methyl sites for hydroxylation is 2. The summed E-state index contributed by atoms with van der Waals surface area (Å²) < 4.78 is 9.24. The molecule has 0 radical (unpaired) electrons. The first-order chi connectivity index (χ1) is 14.2. The van der Waals surface area contributed by atoms with Crippen LogP contribution in [0.3, 0.4) is 0 Å². The lowest BCUT2D eigenvalue weighted by molar-refractivity contribution is 0.415. The molecule has 0 unspecified atom stereocenters. The molecule has 5 rings (SSSR count). The molecule has 29 heavy (non-hydrogen) atoms. The highest BCUT2D eigenvalue weighted by atomic mass is 16.5. The van der Waals surface area contributed by atoms with Crippen molar-refractivity contribution in [1.82, 2.24) is 9.13 Å². The standard InChI is InChI=1S/C25H24N2O2/c1-26-23-6-4-3-5-21(23)22-12-9-19(16-24(22)26)27-14-13-18(15-25(27)28)17-7-10-20(29-2)11-8-17/h7-16H,3-6H2,1-2H3. The number of hydrogen-bond acceptors (Lipinski definition) is 2. The molecule has 0 spiro atoms. The van der Waals surface area contributed by atoms with E-state index in [0.717, 1.165) is 35.4 Å². The maximum absolute atomic E-state index is 12.9. The number of benzene rings is 2. The Kier molecular flexibility index (Phi) is 4.27. The van der Waals surface area contributed by atoms with Gasteiger partial charge in [-0.15, -0.1) is 0 Å². The minimum Gasteiger partial charge on any atom is -0.497 e. The third-order valence-corrected chi connectivity index (χ3v) is 6.13. The van der Waals surface area contributed by atoms with Gasteiger partial charge in [-0.2, -0.15) is 0 Å². The number of ether oxygens (including phenoxy) is 1. The van der Waals surface area contributed by atoms with Gasteiger partial charge in [0.15, 0.2) is 0 Å². The average molecular weight is 384 g/mol. The Bertz CT molecular complexity index is 1260. The van der Waals surface area contributed by atoms with Crippen molar-refractivity contribution < 1.29 is 4.74 Å². The monoisotopic (exact) mass is 384 g/mol. The highest BCUT2D eigenvalue weighted by Gasteiger charge is 2.18. The quantitative estimate of drug-likeness (QED) is 0.505. The molecule has 146 valence electrons. The second-order valence-electron chi connectivity index (χ2n) is 7.74. The Labute approximate surface area is 170 Å². The third-order valence-electron chi connectivity index (χ3n) is 6.13. The Morgan fingerprint density at radius 2 is 1.69 bits per heavy atom. The minimum absolute atomic E-state index is 0.0309. The maximum Gasteiger partial charge on any atom is 0.255 e. The number of hydrogen-bond donors (Lipinski definition) is 0. The lowest BCUT2D eigenvalue weighted by atomic mass is 9.95. The van der Waals surface area contributed by atoms with E-state index in [0.29, 0.717) is 0 Å². The maximum atomic E-state index is 12.9. The average Bonchev–Trinajstić information content (AvgIpc) is 3.06. The zero-order valence-electron chi connectivity index (χ0n) is 16.8. The van der Waals surface area contributed by atoms with E-state index in [-0.39, 0.29) is 5.56 Å². The summed E-state index contributed by atoms with van der Waals surface area (Å²) in [5, 5.41) is 1.33. The number of pyridine rings is 1. The molecule has 2 heterocycles. The van der Waals surface area contributed by atoms with E-state index in [4.69, 9.17) is 4.74 Å². The molecule has 0 amide bonds. The van der Waals surface area contributed by atoms with Crippen LogP contribution in [-0.4, -0.2) is 16.2 Å². The molecule has 4 nitrogen and oxygen atoms in total. The molecule has 2 aromatic carbocycles. The second kappa shape index (κ2) is 6.96. The zero-order valence-corrected chi connectivity index (χ0v) is 16.8. The van der Waals surface area contributed by atoms with Gasteiger partial charge in [0, 0.05) is 30.4 Å². The van der Waals surface area contributed by atoms with Crippen molar-refractivity contribution in [1.29, 1.82) is 0 Å². The summed E-state index contributed by atoms with van der Waals surface area (Å²) >= 11 is 0. The Morgan fingerprint density at radius 3 is 2.45 bits per heavy atom. The lowest BCUT2D eigenvalue weighted by Gasteiger charge is -2.12. The van der Waals surface area contributed by atoms with Crippen LogP contribution >= 0.6 is 0 Å². The zero-order chi connectivity index (χ0) is 20.0. The smallest absolute Gasteiger partial charge is 0.255 e. The van der Waals surface area contributed by atoms with Gasteiger partial charge in [0.1, 0.15) is 5.75 Å². The van der Waals surface area contributed by atoms with Crippen molar-refractivity contribution in [2.45, 2.75) is 25.7 Å². The normalized spacial score (nSPS) is 13.4. The van der Waals surface area contributed by atoms with Crippen molar-refractivity contribution in [2.24, 2.45) is 7.05 Å². The van der Waals surface area contributed by atoms with Crippen molar-refractivity contribution in [3.8, 4) is 22.6 Å². The summed E-state index contributed by atoms with van der Waals surface area (Å²) in [6.07, 6.45) is 6.69. The predicted octanol–water partition coefficient (Wildman–Crippen LogP) is 4.88. The molecule has 4 heteroatoms. The molecule has 4 aromatic rings. The van der Waals surface area contributed by atoms with Gasteiger partial charge in [0.05, 0.1) is 18.3 Å². The first-order valence-electron chi connectivity index (χ1n) is 10.1. The van der Waals surface area contributed by atoms with E-state index in [1.165, 1.54) is 35.0 Å². The molecule has 1 aliphatic carbocycles. The van der Waals surface area contributed by atoms with Gasteiger partial charge >= 0.3 is 0 Å². The fourth-order valence-corrected chi connectivity index (χ4v) is 4.55. The number of rotatable bonds is 3. The summed E-state index contributed by atoms with van der Waals surface area (Å²) in [5.74, 6) is 0.806. The lowest BCUT2D eigenvalue weighted by Crippen LogP contribution is -2.16. The van der Waals surface area contributed by atoms with E-state index >= 15 is 0 Å². The van der Waals surface area contributed by atoms with Crippen LogP contribution in [0.15, 0.2) is 65.6 Å². The van der Waals surface area contributed by atoms with Crippen LogP contribution in [0, 0.1) is 0 Å². The molecule has 0 saturated carbocycles. The highest BCUT2D eigenvalue weighted by molar-refractivity contribution is 5.87. The van der Waals surface area contributed by atoms with Gasteiger partial charge < -0.3 is 9.30 Å². The van der Waals surface area contributed by atoms with Crippen LogP contribution in [0.25, 0.3) is 27.7 Å². The molecule has 0 fully saturated rings. The van der Waals surface area contributed by atoms with Crippen molar-refractivity contribution in [3.63, 3.8) is 0 Å². The molecular formula is C25H24N2O2. The van der Waals surface area contributed by atoms with Gasteiger partial charge in [0.2, 0.25) is 0 Å². The van der Waals surface area contributed by atoms with Crippen molar-refractivity contribution in [3.05, 3.63) is 82.4 Å². The second-order valence-corrected chi connectivity index (χ2v) is 7.74. The van der Waals surface area contributed by atoms with Gasteiger partial charge in [-0.3, -0.25) is 9.36 Å². The molecule has 1 aliphatic rings. The molecule has 0 aliphatic heterocycles. The summed E-state index contributed by atoms with van der Waals surface area (Å²) in [4.78, 5) is 12.9. The molecule has 2 aromatic heterocycles. The number of methoxy groups -OCH3 is 1. The van der Waals surface area contributed by atoms with Crippen molar-refractivity contribution in [2.75, 3.05) is 7.11 Å². The third kappa shape index (κ3) is 2.96. The van der Waals surface area contributed by atoms with Crippen LogP contribution in [0.5, 0.6) is 5.75 Å². The van der Waals surface area contributed by atoms with Crippen LogP contribution in [0.4, 0.5) is 0 Å². The fourth-order valence-electron chi connectivity index (χ4n) is 4.55. The first kappa shape index (κ1) is 17.8. The number of nitrogens with zero attached hydrogens (tertiary/aromatic N) is 2. The molecule has 0 atom stereocenters. The highest BCUT2D eigenvalue weighted by Crippen LogP contribution is 2.32. The van der Waals surface area contributed by atoms with E-state index in [1.807, 2.05) is 36.5 Å². The molecule has 0 N–H and O–H groups in total. The molecular weight excluding hydrogens is 360 g/mol. The van der Waals surface area contributed by atoms with Crippen LogP contribution in [0.2, 0.25) is 0 Å². The summed E-state index contributed by atoms with van der Waals surface area (Å²) in [6, 6.07) is 17.8. The van der Waals surface area contributed by atoms with Crippen LogP contribution in [0.1, 0.15) is 24.1 Å². The Balaban J connectivity index is 1.56. The number of aromatic nitrogens is 2. The summed E-state index contributed by atoms with van der Waals surface area (Å²) in [5.41, 5.74) is 6.93. The van der Waals surface area contributed by atoms with Gasteiger partial charge in [0.25, 0.3) is 5.56 Å². The molecule has 0 saturated heterocycles. The summed E-state index contributed by atoms with van der Waals surface area (Å²) in [7, 11) is 3.79. The van der Waals surface area contributed by atoms with Gasteiger partial charge in [-0.05, 0) is 72.7 Å². The SMILES string of the molecule is COc1ccc(-c2ccn(-c3ccc4c5c(n(C)c4c3)CCCC5)c(=O)c2)cc1. The van der Waals surface area contributed by atoms with Gasteiger partial charge in [-0.25, -0.2) is 0 Å². The van der Waals surface area contributed by atoms with Crippen LogP contribution in [-0.2, 0) is 19.9 Å². The van der Waals surface area contributed by atoms with Crippen molar-refractivity contribution >= 4 is 10.9 Å².